The van der Waals surface area contributed by atoms with E-state index in [4.69, 9.17) is 4.74 Å². The van der Waals surface area contributed by atoms with Crippen LogP contribution in [-0.4, -0.2) is 77.7 Å². The van der Waals surface area contributed by atoms with Crippen molar-refractivity contribution in [2.24, 2.45) is 17.8 Å². The van der Waals surface area contributed by atoms with E-state index in [1.165, 1.54) is 29.2 Å². The van der Waals surface area contributed by atoms with Crippen molar-refractivity contribution in [2.75, 3.05) is 13.1 Å². The van der Waals surface area contributed by atoms with Crippen molar-refractivity contribution in [3.05, 3.63) is 71.5 Å². The highest BCUT2D eigenvalue weighted by Crippen LogP contribution is 2.42. The predicted octanol–water partition coefficient (Wildman–Crippen LogP) is 2.40. The number of amides is 5. The van der Waals surface area contributed by atoms with Crippen molar-refractivity contribution in [1.82, 2.24) is 26.2 Å². The molecule has 4 N–H and O–H groups in total. The lowest BCUT2D eigenvalue weighted by Crippen LogP contribution is -2.58. The summed E-state index contributed by atoms with van der Waals surface area (Å²) in [4.78, 5) is 81.6. The zero-order valence-corrected chi connectivity index (χ0v) is 27.8. The van der Waals surface area contributed by atoms with Gasteiger partial charge in [-0.25, -0.2) is 9.18 Å². The minimum atomic E-state index is -1.28. The Morgan fingerprint density at radius 1 is 0.918 bits per heavy atom. The maximum absolute atomic E-state index is 14.4. The summed E-state index contributed by atoms with van der Waals surface area (Å²) in [6, 6.07) is 10.9. The molecule has 5 amide bonds. The summed E-state index contributed by atoms with van der Waals surface area (Å²) >= 11 is 0. The van der Waals surface area contributed by atoms with Crippen molar-refractivity contribution in [3.8, 4) is 0 Å². The van der Waals surface area contributed by atoms with Gasteiger partial charge in [-0.1, -0.05) is 48.9 Å². The number of hydrogen-bond acceptors (Lipinski definition) is 7. The lowest BCUT2D eigenvalue weighted by atomic mass is 9.91. The van der Waals surface area contributed by atoms with Crippen molar-refractivity contribution < 1.29 is 37.9 Å². The van der Waals surface area contributed by atoms with E-state index in [9.17, 15) is 33.2 Å². The first-order valence-corrected chi connectivity index (χ1v) is 16.9. The maximum atomic E-state index is 14.4. The number of fused-ring (bicyclic) bond motifs is 1. The van der Waals surface area contributed by atoms with Crippen LogP contribution in [-0.2, 0) is 41.7 Å². The number of ether oxygens (including phenoxy) is 1. The molecule has 2 aromatic carbocycles. The zero-order chi connectivity index (χ0) is 35.1. The van der Waals surface area contributed by atoms with Gasteiger partial charge in [0.1, 0.15) is 24.5 Å². The summed E-state index contributed by atoms with van der Waals surface area (Å²) < 4.78 is 19.1. The molecule has 1 aliphatic carbocycles. The van der Waals surface area contributed by atoms with Gasteiger partial charge in [-0.05, 0) is 74.6 Å². The van der Waals surface area contributed by atoms with Crippen LogP contribution in [0.5, 0.6) is 0 Å². The van der Waals surface area contributed by atoms with Gasteiger partial charge in [0.15, 0.2) is 0 Å². The number of likely N-dealkylation sites (tertiary alicyclic amines) is 1. The fourth-order valence-electron chi connectivity index (χ4n) is 7.17. The van der Waals surface area contributed by atoms with E-state index in [1.807, 2.05) is 18.2 Å². The van der Waals surface area contributed by atoms with Gasteiger partial charge in [0.2, 0.25) is 23.5 Å². The molecule has 3 aliphatic rings. The number of halogens is 1. The number of hydrogen-bond donors (Lipinski definition) is 4. The molecule has 2 heterocycles. The Morgan fingerprint density at radius 3 is 2.33 bits per heavy atom. The fourth-order valence-corrected chi connectivity index (χ4v) is 7.17. The number of rotatable bonds is 13. The summed E-state index contributed by atoms with van der Waals surface area (Å²) in [7, 11) is 0. The first-order valence-electron chi connectivity index (χ1n) is 16.9. The standard InChI is InChI=1S/C36H44FN5O7/c1-21(2)39-34(46)31(43)28(18-24-15-16-38-32(24)44)40-33(45)30-27-10-6-9-25(27)19-42(30)35(47)29(17-22-11-13-26(37)14-12-22)41-36(48)49-20-23-7-4-3-5-8-23/h3-5,7-8,11-14,21,24-25,27-30H,6,9-10,15-20H2,1-2H3,(H,38,44)(H,39,46)(H,40,45)(H,41,48)/t24-,25-,27-,28-,29-,30-/m0/s1. The van der Waals surface area contributed by atoms with Crippen molar-refractivity contribution in [3.63, 3.8) is 0 Å². The first-order chi connectivity index (χ1) is 23.5. The quantitative estimate of drug-likeness (QED) is 0.237. The minimum Gasteiger partial charge on any atom is -0.445 e. The number of benzene rings is 2. The Labute approximate surface area is 284 Å². The SMILES string of the molecule is CC(C)NC(=O)C(=O)[C@H](C[C@@H]1CCNC1=O)NC(=O)[C@@H]1[C@H]2CCC[C@H]2CN1C(=O)[C@H](Cc1ccc(F)cc1)NC(=O)OCc1ccccc1. The number of ketones is 1. The molecule has 0 spiro atoms. The molecular formula is C36H44FN5O7. The van der Waals surface area contributed by atoms with Crippen LogP contribution in [0.25, 0.3) is 0 Å². The van der Waals surface area contributed by atoms with Gasteiger partial charge in [-0.15, -0.1) is 0 Å². The molecule has 5 rings (SSSR count). The molecule has 0 radical (unpaired) electrons. The lowest BCUT2D eigenvalue weighted by Gasteiger charge is -2.32. The molecule has 3 fully saturated rings. The number of alkyl carbamates (subject to hydrolysis) is 1. The largest absolute Gasteiger partial charge is 0.445 e. The monoisotopic (exact) mass is 677 g/mol. The summed E-state index contributed by atoms with van der Waals surface area (Å²) in [5.74, 6) is -4.29. The first kappa shape index (κ1) is 35.5. The van der Waals surface area contributed by atoms with Crippen LogP contribution in [0.15, 0.2) is 54.6 Å². The third-order valence-electron chi connectivity index (χ3n) is 9.56. The zero-order valence-electron chi connectivity index (χ0n) is 27.8. The maximum Gasteiger partial charge on any atom is 0.408 e. The fraction of sp³-hybridized carbons (Fsp3) is 0.500. The average molecular weight is 678 g/mol. The summed E-state index contributed by atoms with van der Waals surface area (Å²) in [5.41, 5.74) is 1.34. The smallest absolute Gasteiger partial charge is 0.408 e. The molecule has 2 aliphatic heterocycles. The molecule has 0 bridgehead atoms. The van der Waals surface area contributed by atoms with Crippen LogP contribution in [0.2, 0.25) is 0 Å². The number of nitrogens with zero attached hydrogens (tertiary/aromatic N) is 1. The molecule has 49 heavy (non-hydrogen) atoms. The van der Waals surface area contributed by atoms with E-state index in [0.717, 1.165) is 18.4 Å². The summed E-state index contributed by atoms with van der Waals surface area (Å²) in [6.07, 6.45) is 1.92. The predicted molar refractivity (Wildman–Crippen MR) is 176 cm³/mol. The summed E-state index contributed by atoms with van der Waals surface area (Å²) in [5, 5.41) is 10.7. The van der Waals surface area contributed by atoms with E-state index >= 15 is 0 Å². The Balaban J connectivity index is 1.37. The molecule has 2 aromatic rings. The number of Topliss-reactive ketones (excluding diaryl/α,β-unsaturated/α-hetero) is 1. The van der Waals surface area contributed by atoms with Gasteiger partial charge in [0, 0.05) is 31.5 Å². The molecule has 1 saturated carbocycles. The normalized spacial score (nSPS) is 22.5. The second-order valence-corrected chi connectivity index (χ2v) is 13.4. The Hall–Kier alpha value is -4.81. The van der Waals surface area contributed by atoms with Crippen LogP contribution in [0.1, 0.15) is 57.1 Å². The molecule has 0 unspecified atom stereocenters. The molecule has 2 saturated heterocycles. The van der Waals surface area contributed by atoms with Gasteiger partial charge in [-0.3, -0.25) is 24.0 Å². The second kappa shape index (κ2) is 16.1. The third-order valence-corrected chi connectivity index (χ3v) is 9.56. The second-order valence-electron chi connectivity index (χ2n) is 13.4. The number of carbonyl (C=O) groups excluding carboxylic acids is 6. The highest BCUT2D eigenvalue weighted by Gasteiger charge is 2.51. The van der Waals surface area contributed by atoms with Gasteiger partial charge >= 0.3 is 6.09 Å². The number of carbonyl (C=O) groups is 6. The summed E-state index contributed by atoms with van der Waals surface area (Å²) in [6.45, 7) is 4.08. The van der Waals surface area contributed by atoms with Crippen LogP contribution in [0.3, 0.4) is 0 Å². The van der Waals surface area contributed by atoms with E-state index in [-0.39, 0.29) is 49.8 Å². The van der Waals surface area contributed by atoms with Crippen LogP contribution < -0.4 is 21.3 Å². The molecule has 262 valence electrons. The van der Waals surface area contributed by atoms with Crippen LogP contribution in [0, 0.1) is 23.6 Å². The third kappa shape index (κ3) is 9.01. The topological polar surface area (TPSA) is 163 Å². The van der Waals surface area contributed by atoms with Crippen LogP contribution >= 0.6 is 0 Å². The molecule has 12 nitrogen and oxygen atoms in total. The van der Waals surface area contributed by atoms with Gasteiger partial charge < -0.3 is 30.9 Å². The number of nitrogens with one attached hydrogen (secondary N) is 4. The van der Waals surface area contributed by atoms with Crippen molar-refractivity contribution in [1.29, 1.82) is 0 Å². The average Bonchev–Trinajstić information content (AvgIpc) is 3.80. The molecular weight excluding hydrogens is 633 g/mol. The minimum absolute atomic E-state index is 0.00694. The molecule has 6 atom stereocenters. The van der Waals surface area contributed by atoms with E-state index < -0.39 is 59.5 Å². The van der Waals surface area contributed by atoms with Gasteiger partial charge in [-0.2, -0.15) is 0 Å². The van der Waals surface area contributed by atoms with Crippen molar-refractivity contribution in [2.45, 2.75) is 83.1 Å². The van der Waals surface area contributed by atoms with Gasteiger partial charge in [0.05, 0.1) is 6.04 Å². The Bertz CT molecular complexity index is 1540. The Kier molecular flexibility index (Phi) is 11.6. The lowest BCUT2D eigenvalue weighted by molar-refractivity contribution is -0.144. The van der Waals surface area contributed by atoms with Crippen molar-refractivity contribution >= 4 is 35.5 Å². The Morgan fingerprint density at radius 2 is 1.65 bits per heavy atom. The highest BCUT2D eigenvalue weighted by molar-refractivity contribution is 6.38. The van der Waals surface area contributed by atoms with E-state index in [2.05, 4.69) is 21.3 Å². The highest BCUT2D eigenvalue weighted by atomic mass is 19.1. The van der Waals surface area contributed by atoms with Crippen LogP contribution in [0.4, 0.5) is 9.18 Å². The molecule has 13 heteroatoms. The van der Waals surface area contributed by atoms with Gasteiger partial charge in [0.25, 0.3) is 5.91 Å². The van der Waals surface area contributed by atoms with E-state index in [1.54, 1.807) is 26.0 Å². The van der Waals surface area contributed by atoms with E-state index in [0.29, 0.717) is 24.9 Å². The molecule has 0 aromatic heterocycles.